The average molecular weight is 287 g/mol. The number of rotatable bonds is 4. The van der Waals surface area contributed by atoms with Gasteiger partial charge in [-0.2, -0.15) is 0 Å². The molecule has 3 atom stereocenters. The summed E-state index contributed by atoms with van der Waals surface area (Å²) in [6.07, 6.45) is 1.87. The summed E-state index contributed by atoms with van der Waals surface area (Å²) in [5.41, 5.74) is 1.06. The number of methoxy groups -OCH3 is 1. The van der Waals surface area contributed by atoms with Gasteiger partial charge in [-0.15, -0.1) is 0 Å². The molecule has 2 nitrogen and oxygen atoms in total. The van der Waals surface area contributed by atoms with Gasteiger partial charge in [-0.25, -0.2) is 0 Å². The van der Waals surface area contributed by atoms with E-state index in [0.717, 1.165) is 23.4 Å². The summed E-state index contributed by atoms with van der Waals surface area (Å²) in [5, 5.41) is 1.43. The molecule has 18 heavy (non-hydrogen) atoms. The topological polar surface area (TPSA) is 26.3 Å². The summed E-state index contributed by atoms with van der Waals surface area (Å²) in [7, 11) is 1.44. The molecule has 3 unspecified atom stereocenters. The maximum atomic E-state index is 11.4. The summed E-state index contributed by atoms with van der Waals surface area (Å²) >= 11 is 12.2. The lowest BCUT2D eigenvalue weighted by molar-refractivity contribution is -0.142. The van der Waals surface area contributed by atoms with Crippen LogP contribution in [-0.2, 0) is 9.53 Å². The summed E-state index contributed by atoms with van der Waals surface area (Å²) in [6.45, 7) is 2.12. The molecular weight excluding hydrogens is 271 g/mol. The minimum atomic E-state index is -0.0932. The van der Waals surface area contributed by atoms with Crippen molar-refractivity contribution < 1.29 is 9.53 Å². The zero-order chi connectivity index (χ0) is 13.3. The molecule has 0 radical (unpaired) electrons. The predicted molar refractivity (Wildman–Crippen MR) is 73.1 cm³/mol. The lowest BCUT2D eigenvalue weighted by Crippen LogP contribution is -2.06. The van der Waals surface area contributed by atoms with Crippen molar-refractivity contribution in [3.8, 4) is 0 Å². The van der Waals surface area contributed by atoms with E-state index in [4.69, 9.17) is 27.9 Å². The number of esters is 1. The van der Waals surface area contributed by atoms with Crippen LogP contribution in [0.5, 0.6) is 0 Å². The predicted octanol–water partition coefficient (Wildman–Crippen LogP) is 4.30. The van der Waals surface area contributed by atoms with Crippen molar-refractivity contribution in [3.05, 3.63) is 33.8 Å². The van der Waals surface area contributed by atoms with Gasteiger partial charge >= 0.3 is 5.97 Å². The molecule has 0 aromatic heterocycles. The van der Waals surface area contributed by atoms with Crippen LogP contribution in [0.15, 0.2) is 18.2 Å². The second kappa shape index (κ2) is 5.50. The number of carbonyl (C=O) groups is 1. The van der Waals surface area contributed by atoms with Gasteiger partial charge in [-0.1, -0.05) is 30.1 Å². The Bertz CT molecular complexity index is 459. The van der Waals surface area contributed by atoms with E-state index < -0.39 is 0 Å². The highest BCUT2D eigenvalue weighted by Gasteiger charge is 2.44. The van der Waals surface area contributed by atoms with E-state index in [1.165, 1.54) is 7.11 Å². The highest BCUT2D eigenvalue weighted by atomic mass is 35.5. The lowest BCUT2D eigenvalue weighted by atomic mass is 9.95. The molecule has 1 aromatic rings. The minimum absolute atomic E-state index is 0.0791. The van der Waals surface area contributed by atoms with Crippen molar-refractivity contribution in [2.45, 2.75) is 25.7 Å². The van der Waals surface area contributed by atoms with Crippen molar-refractivity contribution >= 4 is 29.2 Å². The number of hydrogen-bond donors (Lipinski definition) is 0. The third-order valence-electron chi connectivity index (χ3n) is 3.57. The van der Waals surface area contributed by atoms with Crippen LogP contribution in [0.1, 0.15) is 31.2 Å². The van der Waals surface area contributed by atoms with Crippen LogP contribution in [0.3, 0.4) is 0 Å². The van der Waals surface area contributed by atoms with Crippen LogP contribution in [0.2, 0.25) is 10.0 Å². The van der Waals surface area contributed by atoms with Gasteiger partial charge in [0, 0.05) is 10.0 Å². The molecule has 98 valence electrons. The quantitative estimate of drug-likeness (QED) is 0.772. The smallest absolute Gasteiger partial charge is 0.308 e. The monoisotopic (exact) mass is 286 g/mol. The molecule has 0 bridgehead atoms. The Morgan fingerprint density at radius 3 is 2.89 bits per heavy atom. The van der Waals surface area contributed by atoms with E-state index in [-0.39, 0.29) is 11.9 Å². The number of benzene rings is 1. The van der Waals surface area contributed by atoms with Crippen molar-refractivity contribution in [1.29, 1.82) is 0 Å². The summed E-state index contributed by atoms with van der Waals surface area (Å²) in [4.78, 5) is 11.4. The molecule has 2 rings (SSSR count). The largest absolute Gasteiger partial charge is 0.469 e. The van der Waals surface area contributed by atoms with E-state index in [1.807, 2.05) is 12.1 Å². The van der Waals surface area contributed by atoms with Gasteiger partial charge < -0.3 is 4.74 Å². The molecule has 0 spiro atoms. The fourth-order valence-corrected chi connectivity index (χ4v) is 2.91. The van der Waals surface area contributed by atoms with Crippen LogP contribution < -0.4 is 0 Å². The Labute approximate surface area is 117 Å². The molecular formula is C14H16Cl2O2. The van der Waals surface area contributed by atoms with E-state index >= 15 is 0 Å². The highest BCUT2D eigenvalue weighted by Crippen LogP contribution is 2.46. The first-order chi connectivity index (χ1) is 8.52. The fourth-order valence-electron chi connectivity index (χ4n) is 2.42. The first-order valence-corrected chi connectivity index (χ1v) is 6.81. The maximum absolute atomic E-state index is 11.4. The number of ether oxygens (including phenoxy) is 1. The molecule has 1 aliphatic carbocycles. The number of halogens is 2. The molecule has 0 aliphatic heterocycles. The van der Waals surface area contributed by atoms with Crippen molar-refractivity contribution in [2.24, 2.45) is 11.8 Å². The van der Waals surface area contributed by atoms with Crippen molar-refractivity contribution in [3.63, 3.8) is 0 Å². The molecule has 1 aliphatic rings. The molecule has 0 N–H and O–H groups in total. The lowest BCUT2D eigenvalue weighted by Gasteiger charge is -2.13. The number of hydrogen-bond acceptors (Lipinski definition) is 2. The normalized spacial score (nSPS) is 23.6. The summed E-state index contributed by atoms with van der Waals surface area (Å²) in [6, 6.07) is 5.51. The second-order valence-corrected chi connectivity index (χ2v) is 5.77. The van der Waals surface area contributed by atoms with Crippen LogP contribution in [0.25, 0.3) is 0 Å². The fraction of sp³-hybridized carbons (Fsp3) is 0.500. The maximum Gasteiger partial charge on any atom is 0.308 e. The van der Waals surface area contributed by atoms with Crippen LogP contribution >= 0.6 is 23.2 Å². The van der Waals surface area contributed by atoms with Gasteiger partial charge in [0.2, 0.25) is 0 Å². The van der Waals surface area contributed by atoms with Crippen LogP contribution in [0.4, 0.5) is 0 Å². The first kappa shape index (κ1) is 13.7. The second-order valence-electron chi connectivity index (χ2n) is 4.93. The molecule has 1 aromatic carbocycles. The molecule has 4 heteroatoms. The highest BCUT2D eigenvalue weighted by molar-refractivity contribution is 6.33. The van der Waals surface area contributed by atoms with Gasteiger partial charge in [-0.05, 0) is 48.4 Å². The molecule has 0 amide bonds. The van der Waals surface area contributed by atoms with Crippen LogP contribution in [-0.4, -0.2) is 13.1 Å². The molecule has 1 saturated carbocycles. The van der Waals surface area contributed by atoms with E-state index in [1.54, 1.807) is 6.07 Å². The van der Waals surface area contributed by atoms with Gasteiger partial charge in [0.05, 0.1) is 13.0 Å². The average Bonchev–Trinajstić information content (AvgIpc) is 3.10. The Hall–Kier alpha value is -0.730. The van der Waals surface area contributed by atoms with Crippen LogP contribution in [0, 0.1) is 11.8 Å². The molecule has 1 fully saturated rings. The SMILES string of the molecule is COC(=O)C1CC1CC(C)c1cc(Cl)ccc1Cl. The Balaban J connectivity index is 1.99. The van der Waals surface area contributed by atoms with Crippen molar-refractivity contribution in [2.75, 3.05) is 7.11 Å². The van der Waals surface area contributed by atoms with E-state index in [9.17, 15) is 4.79 Å². The van der Waals surface area contributed by atoms with Gasteiger partial charge in [0.15, 0.2) is 0 Å². The van der Waals surface area contributed by atoms with Gasteiger partial charge in [-0.3, -0.25) is 4.79 Å². The Morgan fingerprint density at radius 1 is 1.50 bits per heavy atom. The third-order valence-corrected chi connectivity index (χ3v) is 4.15. The Morgan fingerprint density at radius 2 is 2.22 bits per heavy atom. The third kappa shape index (κ3) is 2.99. The summed E-state index contributed by atoms with van der Waals surface area (Å²) < 4.78 is 4.75. The zero-order valence-electron chi connectivity index (χ0n) is 10.5. The molecule has 0 heterocycles. The standard InChI is InChI=1S/C14H16Cl2O2/c1-8(5-9-6-12(9)14(17)18-2)11-7-10(15)3-4-13(11)16/h3-4,7-9,12H,5-6H2,1-2H3. The zero-order valence-corrected chi connectivity index (χ0v) is 12.0. The van der Waals surface area contributed by atoms with E-state index in [2.05, 4.69) is 6.92 Å². The van der Waals surface area contributed by atoms with Gasteiger partial charge in [0.25, 0.3) is 0 Å². The first-order valence-electron chi connectivity index (χ1n) is 6.05. The Kier molecular flexibility index (Phi) is 4.18. The summed E-state index contributed by atoms with van der Waals surface area (Å²) in [5.74, 6) is 0.707. The molecule has 0 saturated heterocycles. The van der Waals surface area contributed by atoms with Crippen molar-refractivity contribution in [1.82, 2.24) is 0 Å². The van der Waals surface area contributed by atoms with E-state index in [0.29, 0.717) is 16.9 Å². The van der Waals surface area contributed by atoms with Gasteiger partial charge in [0.1, 0.15) is 0 Å². The number of carbonyl (C=O) groups excluding carboxylic acids is 1. The minimum Gasteiger partial charge on any atom is -0.469 e.